The number of unbranched alkanes of at least 4 members (excludes halogenated alkanes) is 1. The third-order valence-electron chi connectivity index (χ3n) is 5.96. The summed E-state index contributed by atoms with van der Waals surface area (Å²) < 4.78 is 13.7. The van der Waals surface area contributed by atoms with Crippen molar-refractivity contribution in [1.82, 2.24) is 0 Å². The molecule has 2 aromatic carbocycles. The number of hydrogen-bond acceptors (Lipinski definition) is 2. The molecule has 4 heteroatoms. The van der Waals surface area contributed by atoms with E-state index < -0.39 is 5.82 Å². The Bertz CT molecular complexity index is 937. The van der Waals surface area contributed by atoms with Crippen LogP contribution in [0.5, 0.6) is 5.75 Å². The van der Waals surface area contributed by atoms with E-state index in [1.54, 1.807) is 6.07 Å². The molecule has 2 nitrogen and oxygen atoms in total. The van der Waals surface area contributed by atoms with Gasteiger partial charge in [-0.15, -0.1) is 0 Å². The van der Waals surface area contributed by atoms with Gasteiger partial charge in [-0.25, -0.2) is 4.39 Å². The van der Waals surface area contributed by atoms with Crippen LogP contribution in [0.3, 0.4) is 0 Å². The van der Waals surface area contributed by atoms with E-state index in [2.05, 4.69) is 67.5 Å². The standard InChI is InChI=1S/C27H38FO2P/c1-9-10-13-27(8,31-23-12-11-20(28)14-18(23)17-29)22-16-19(25(2,3)4)15-21(24(22)30)26(5,6)7/h11-12,14-17,30-31H,9-10,13H2,1-8H3. The molecule has 0 aromatic heterocycles. The monoisotopic (exact) mass is 444 g/mol. The number of halogens is 1. The van der Waals surface area contributed by atoms with Crippen molar-refractivity contribution in [2.24, 2.45) is 0 Å². The first-order chi connectivity index (χ1) is 14.2. The molecular weight excluding hydrogens is 406 g/mol. The third-order valence-corrected chi connectivity index (χ3v) is 7.76. The smallest absolute Gasteiger partial charge is 0.150 e. The van der Waals surface area contributed by atoms with Gasteiger partial charge in [0.2, 0.25) is 0 Å². The summed E-state index contributed by atoms with van der Waals surface area (Å²) in [4.78, 5) is 11.6. The van der Waals surface area contributed by atoms with E-state index in [4.69, 9.17) is 0 Å². The van der Waals surface area contributed by atoms with Crippen molar-refractivity contribution in [2.45, 2.75) is 90.6 Å². The van der Waals surface area contributed by atoms with E-state index in [1.807, 2.05) is 0 Å². The summed E-state index contributed by atoms with van der Waals surface area (Å²) in [6, 6.07) is 8.73. The molecule has 1 N–H and O–H groups in total. The highest BCUT2D eigenvalue weighted by Crippen LogP contribution is 2.51. The minimum atomic E-state index is -0.404. The number of hydrogen-bond donors (Lipinski definition) is 1. The highest BCUT2D eigenvalue weighted by molar-refractivity contribution is 7.48. The van der Waals surface area contributed by atoms with Crippen LogP contribution in [-0.4, -0.2) is 11.4 Å². The molecule has 0 aliphatic heterocycles. The number of phenolic OH excluding ortho intramolecular Hbond substituents is 1. The number of aromatic hydroxyl groups is 1. The fraction of sp³-hybridized carbons (Fsp3) is 0.519. The highest BCUT2D eigenvalue weighted by atomic mass is 31.1. The van der Waals surface area contributed by atoms with Crippen molar-refractivity contribution < 1.29 is 14.3 Å². The average molecular weight is 445 g/mol. The molecule has 2 unspecified atom stereocenters. The molecule has 0 aliphatic carbocycles. The second-order valence-corrected chi connectivity index (χ2v) is 12.7. The molecule has 170 valence electrons. The summed E-state index contributed by atoms with van der Waals surface area (Å²) in [6.45, 7) is 17.2. The molecule has 0 aliphatic rings. The molecule has 0 amide bonds. The van der Waals surface area contributed by atoms with Crippen LogP contribution in [0.4, 0.5) is 4.39 Å². The van der Waals surface area contributed by atoms with Crippen LogP contribution in [0.15, 0.2) is 30.3 Å². The van der Waals surface area contributed by atoms with Crippen LogP contribution in [0, 0.1) is 5.82 Å². The largest absolute Gasteiger partial charge is 0.507 e. The van der Waals surface area contributed by atoms with E-state index >= 15 is 0 Å². The molecule has 0 radical (unpaired) electrons. The SMILES string of the molecule is CCCCC(C)(Pc1ccc(F)cc1C=O)c1cc(C(C)(C)C)cc(C(C)(C)C)c1O. The van der Waals surface area contributed by atoms with Crippen LogP contribution in [-0.2, 0) is 16.0 Å². The van der Waals surface area contributed by atoms with Crippen molar-refractivity contribution in [2.75, 3.05) is 0 Å². The van der Waals surface area contributed by atoms with Gasteiger partial charge in [0.25, 0.3) is 0 Å². The Balaban J connectivity index is 2.76. The molecule has 0 saturated heterocycles. The second-order valence-electron chi connectivity index (χ2n) is 10.8. The number of carbonyl (C=O) groups is 1. The summed E-state index contributed by atoms with van der Waals surface area (Å²) in [5.74, 6) is -0.0557. The minimum absolute atomic E-state index is 0.0684. The zero-order valence-electron chi connectivity index (χ0n) is 20.3. The van der Waals surface area contributed by atoms with Crippen LogP contribution in [0.2, 0.25) is 0 Å². The van der Waals surface area contributed by atoms with Gasteiger partial charge in [0.1, 0.15) is 11.6 Å². The summed E-state index contributed by atoms with van der Waals surface area (Å²) in [5.41, 5.74) is 3.17. The molecule has 2 aromatic rings. The highest BCUT2D eigenvalue weighted by Gasteiger charge is 2.34. The fourth-order valence-electron chi connectivity index (χ4n) is 3.90. The molecule has 0 heterocycles. The van der Waals surface area contributed by atoms with Gasteiger partial charge < -0.3 is 5.11 Å². The van der Waals surface area contributed by atoms with E-state index in [0.29, 0.717) is 11.3 Å². The maximum atomic E-state index is 13.7. The van der Waals surface area contributed by atoms with Crippen molar-refractivity contribution >= 4 is 20.2 Å². The molecule has 0 spiro atoms. The van der Waals surface area contributed by atoms with E-state index in [-0.39, 0.29) is 24.6 Å². The number of carbonyl (C=O) groups excluding carboxylic acids is 1. The van der Waals surface area contributed by atoms with Crippen molar-refractivity contribution in [1.29, 1.82) is 0 Å². The zero-order chi connectivity index (χ0) is 23.6. The van der Waals surface area contributed by atoms with Gasteiger partial charge >= 0.3 is 0 Å². The van der Waals surface area contributed by atoms with Gasteiger partial charge in [-0.05, 0) is 45.8 Å². The first-order valence-corrected chi connectivity index (χ1v) is 12.1. The Hall–Kier alpha value is -1.73. The third kappa shape index (κ3) is 5.95. The van der Waals surface area contributed by atoms with Gasteiger partial charge in [-0.1, -0.05) is 95.0 Å². The lowest BCUT2D eigenvalue weighted by Gasteiger charge is -2.36. The minimum Gasteiger partial charge on any atom is -0.507 e. The molecule has 0 bridgehead atoms. The summed E-state index contributed by atoms with van der Waals surface area (Å²) in [6.07, 6.45) is 3.65. The molecular formula is C27H38FO2P. The Morgan fingerprint density at radius 2 is 1.58 bits per heavy atom. The predicted octanol–water partition coefficient (Wildman–Crippen LogP) is 7.35. The van der Waals surface area contributed by atoms with Gasteiger partial charge in [-0.3, -0.25) is 4.79 Å². The lowest BCUT2D eigenvalue weighted by atomic mass is 9.77. The second kappa shape index (κ2) is 9.41. The van der Waals surface area contributed by atoms with Crippen LogP contribution in [0.1, 0.15) is 102 Å². The van der Waals surface area contributed by atoms with Crippen molar-refractivity contribution in [3.05, 3.63) is 58.4 Å². The lowest BCUT2D eigenvalue weighted by Crippen LogP contribution is -2.25. The van der Waals surface area contributed by atoms with E-state index in [9.17, 15) is 14.3 Å². The topological polar surface area (TPSA) is 37.3 Å². The van der Waals surface area contributed by atoms with Gasteiger partial charge in [0.15, 0.2) is 6.29 Å². The lowest BCUT2D eigenvalue weighted by molar-refractivity contribution is 0.112. The summed E-state index contributed by atoms with van der Waals surface area (Å²) in [5, 5.41) is 11.9. The number of benzene rings is 2. The maximum absolute atomic E-state index is 13.7. The van der Waals surface area contributed by atoms with Crippen molar-refractivity contribution in [3.8, 4) is 5.75 Å². The predicted molar refractivity (Wildman–Crippen MR) is 132 cm³/mol. The van der Waals surface area contributed by atoms with Crippen LogP contribution in [0.25, 0.3) is 0 Å². The summed E-state index contributed by atoms with van der Waals surface area (Å²) >= 11 is 0. The summed E-state index contributed by atoms with van der Waals surface area (Å²) in [7, 11) is 0.236. The number of rotatable bonds is 7. The molecule has 31 heavy (non-hydrogen) atoms. The Morgan fingerprint density at radius 1 is 0.968 bits per heavy atom. The first-order valence-electron chi connectivity index (χ1n) is 11.1. The molecule has 2 rings (SSSR count). The van der Waals surface area contributed by atoms with Crippen LogP contribution >= 0.6 is 8.58 Å². The number of aldehydes is 1. The Morgan fingerprint density at radius 3 is 2.10 bits per heavy atom. The molecule has 0 fully saturated rings. The number of phenols is 1. The van der Waals surface area contributed by atoms with Crippen LogP contribution < -0.4 is 5.30 Å². The Labute approximate surface area is 189 Å². The van der Waals surface area contributed by atoms with E-state index in [1.165, 1.54) is 17.7 Å². The fourth-order valence-corrected chi connectivity index (χ4v) is 5.56. The Kier molecular flexibility index (Phi) is 7.75. The zero-order valence-corrected chi connectivity index (χ0v) is 21.3. The maximum Gasteiger partial charge on any atom is 0.150 e. The normalized spacial score (nSPS) is 14.7. The quantitative estimate of drug-likeness (QED) is 0.358. The molecule has 0 saturated carbocycles. The first kappa shape index (κ1) is 25.5. The van der Waals surface area contributed by atoms with Gasteiger partial charge in [-0.2, -0.15) is 0 Å². The van der Waals surface area contributed by atoms with E-state index in [0.717, 1.165) is 42.0 Å². The van der Waals surface area contributed by atoms with Gasteiger partial charge in [0.05, 0.1) is 0 Å². The van der Waals surface area contributed by atoms with Crippen molar-refractivity contribution in [3.63, 3.8) is 0 Å². The molecule has 2 atom stereocenters. The van der Waals surface area contributed by atoms with Gasteiger partial charge in [0, 0.05) is 16.3 Å². The average Bonchev–Trinajstić information content (AvgIpc) is 2.66.